The van der Waals surface area contributed by atoms with Crippen LogP contribution in [0, 0.1) is 0 Å². The van der Waals surface area contributed by atoms with E-state index < -0.39 is 0 Å². The standard InChI is InChI=1S/C106H62N6O/c1-4-22-69(23-5-1)101-107-102(70-24-6-2-7-25-70)109-104(108-101)72-51-45-65(46-52-72)78-55-53-63-21-10-11-28-77(63)95(78)67-49-43-66(44-50-67)79-56-54-73-61-74(62-92-82-31-14-15-32-87(82)100(79)97(73)92)75-34-18-36-85-83(75)58-60-91(96(85)68-47-41-64(42-48-68)76-57-59-88-81-30-13-12-29-80(81)86-37-19-35-84(76)98(86)88)106-111-103(71-26-8-3-9-27-71)110-105(112-106)90-38-20-40-94-99(90)89-33-16-17-39-93(89)113-94/h1-62H. The summed E-state index contributed by atoms with van der Waals surface area (Å²) in [4.78, 5) is 31.4. The first kappa shape index (κ1) is 63.9. The van der Waals surface area contributed by atoms with E-state index in [0.717, 1.165) is 116 Å². The number of furan rings is 1. The molecule has 3 heterocycles. The SMILES string of the molecule is c1ccc(-c2nc(-c3ccccc3)nc(-c3ccc(-c4ccc5ccccc5c4-c4ccc(-c5ccc6cc(-c7cccc8c(-c9ccc(-c%10ccc%11c%12c(cccc%10%12)-c%10ccccc%10-%11)cc9)c(-c9nc(-c%10ccccc%10)nc(-c%10cccc%11oc%12ccccc%12c%10%11)n9)ccc78)cc7c6c5-c5ccccc5-7)cc4)cc3)n2)cc1. The van der Waals surface area contributed by atoms with Crippen molar-refractivity contribution >= 4 is 65.0 Å². The number of hydrogen-bond donors (Lipinski definition) is 0. The number of hydrogen-bond acceptors (Lipinski definition) is 7. The maximum absolute atomic E-state index is 6.49. The van der Waals surface area contributed by atoms with Crippen molar-refractivity contribution in [1.29, 1.82) is 0 Å². The molecule has 21 aromatic rings. The Morgan fingerprint density at radius 3 is 1.19 bits per heavy atom. The van der Waals surface area contributed by atoms with Crippen molar-refractivity contribution in [2.24, 2.45) is 0 Å². The third-order valence-electron chi connectivity index (χ3n) is 23.1. The first-order chi connectivity index (χ1) is 56.0. The van der Waals surface area contributed by atoms with Crippen molar-refractivity contribution in [2.75, 3.05) is 0 Å². The lowest BCUT2D eigenvalue weighted by Gasteiger charge is -2.18. The molecule has 0 N–H and O–H groups in total. The summed E-state index contributed by atoms with van der Waals surface area (Å²) in [6, 6.07) is 135. The molecular formula is C106H62N6O. The lowest BCUT2D eigenvalue weighted by molar-refractivity contribution is 0.669. The second kappa shape index (κ2) is 25.7. The van der Waals surface area contributed by atoms with E-state index in [-0.39, 0.29) is 0 Å². The molecule has 0 spiro atoms. The molecule has 7 heteroatoms. The number of nitrogens with zero attached hydrogens (tertiary/aromatic N) is 6. The van der Waals surface area contributed by atoms with Gasteiger partial charge in [0.15, 0.2) is 34.9 Å². The van der Waals surface area contributed by atoms with Crippen molar-refractivity contribution in [3.05, 3.63) is 376 Å². The summed E-state index contributed by atoms with van der Waals surface area (Å²) < 4.78 is 6.49. The summed E-state index contributed by atoms with van der Waals surface area (Å²) >= 11 is 0. The van der Waals surface area contributed by atoms with E-state index >= 15 is 0 Å². The molecule has 0 amide bonds. The highest BCUT2D eigenvalue weighted by Gasteiger charge is 2.29. The Balaban J connectivity index is 0.645. The fourth-order valence-electron chi connectivity index (χ4n) is 17.9. The number of rotatable bonds is 12. The predicted octanol–water partition coefficient (Wildman–Crippen LogP) is 27.9. The Morgan fingerprint density at radius 1 is 0.150 bits per heavy atom. The van der Waals surface area contributed by atoms with E-state index in [1.54, 1.807) is 0 Å². The van der Waals surface area contributed by atoms with Gasteiger partial charge in [-0.05, 0) is 179 Å². The van der Waals surface area contributed by atoms with Gasteiger partial charge in [0.05, 0.1) is 0 Å². The molecule has 2 aliphatic rings. The summed E-state index contributed by atoms with van der Waals surface area (Å²) in [7, 11) is 0. The summed E-state index contributed by atoms with van der Waals surface area (Å²) in [5.41, 5.74) is 30.7. The smallest absolute Gasteiger partial charge is 0.164 e. The first-order valence-corrected chi connectivity index (χ1v) is 38.4. The molecule has 0 saturated carbocycles. The number of fused-ring (bicyclic) bond motifs is 11. The van der Waals surface area contributed by atoms with Gasteiger partial charge in [-0.2, -0.15) is 0 Å². The zero-order valence-corrected chi connectivity index (χ0v) is 60.9. The Bertz CT molecular complexity index is 7420. The second-order valence-corrected chi connectivity index (χ2v) is 29.4. The molecule has 7 nitrogen and oxygen atoms in total. The molecule has 0 aliphatic heterocycles. The van der Waals surface area contributed by atoms with E-state index in [2.05, 4.69) is 273 Å². The van der Waals surface area contributed by atoms with Gasteiger partial charge in [0, 0.05) is 49.7 Å². The zero-order valence-electron chi connectivity index (χ0n) is 60.9. The summed E-state index contributed by atoms with van der Waals surface area (Å²) in [6.07, 6.45) is 0. The van der Waals surface area contributed by atoms with Crippen LogP contribution >= 0.6 is 0 Å². The summed E-state index contributed by atoms with van der Waals surface area (Å²) in [5, 5.41) is 11.5. The molecule has 3 aromatic heterocycles. The minimum atomic E-state index is 0.563. The second-order valence-electron chi connectivity index (χ2n) is 29.4. The number of para-hydroxylation sites is 1. The van der Waals surface area contributed by atoms with Crippen LogP contribution in [0.25, 0.3) is 245 Å². The van der Waals surface area contributed by atoms with Crippen LogP contribution in [-0.2, 0) is 0 Å². The van der Waals surface area contributed by atoms with E-state index in [9.17, 15) is 0 Å². The summed E-state index contributed by atoms with van der Waals surface area (Å²) in [5.74, 6) is 3.60. The van der Waals surface area contributed by atoms with Gasteiger partial charge in [-0.3, -0.25) is 0 Å². The molecule has 113 heavy (non-hydrogen) atoms. The van der Waals surface area contributed by atoms with E-state index in [1.807, 2.05) is 103 Å². The van der Waals surface area contributed by atoms with E-state index in [1.165, 1.54) is 93.5 Å². The third-order valence-corrected chi connectivity index (χ3v) is 23.1. The average molecular weight is 1440 g/mol. The quantitative estimate of drug-likeness (QED) is 0.120. The van der Waals surface area contributed by atoms with Crippen molar-refractivity contribution in [2.45, 2.75) is 0 Å². The van der Waals surface area contributed by atoms with E-state index in [4.69, 9.17) is 34.3 Å². The maximum Gasteiger partial charge on any atom is 0.164 e. The minimum absolute atomic E-state index is 0.563. The molecule has 522 valence electrons. The molecule has 0 radical (unpaired) electrons. The fourth-order valence-corrected chi connectivity index (χ4v) is 17.9. The van der Waals surface area contributed by atoms with Gasteiger partial charge >= 0.3 is 0 Å². The predicted molar refractivity (Wildman–Crippen MR) is 465 cm³/mol. The topological polar surface area (TPSA) is 90.5 Å². The molecule has 18 aromatic carbocycles. The van der Waals surface area contributed by atoms with Crippen LogP contribution in [0.15, 0.2) is 381 Å². The molecule has 0 bridgehead atoms. The lowest BCUT2D eigenvalue weighted by atomic mass is 9.86. The number of aromatic nitrogens is 6. The highest BCUT2D eigenvalue weighted by molar-refractivity contribution is 6.22. The minimum Gasteiger partial charge on any atom is -0.456 e. The Morgan fingerprint density at radius 2 is 0.540 bits per heavy atom. The molecule has 0 unspecified atom stereocenters. The molecule has 0 atom stereocenters. The third kappa shape index (κ3) is 10.4. The van der Waals surface area contributed by atoms with Gasteiger partial charge in [-0.1, -0.05) is 346 Å². The normalized spacial score (nSPS) is 11.9. The van der Waals surface area contributed by atoms with Gasteiger partial charge in [0.1, 0.15) is 11.2 Å². The van der Waals surface area contributed by atoms with Crippen molar-refractivity contribution < 1.29 is 4.42 Å². The van der Waals surface area contributed by atoms with Crippen molar-refractivity contribution in [3.63, 3.8) is 0 Å². The maximum atomic E-state index is 6.49. The zero-order chi connectivity index (χ0) is 74.2. The molecular weight excluding hydrogens is 1370 g/mol. The Kier molecular flexibility index (Phi) is 14.6. The van der Waals surface area contributed by atoms with Crippen molar-refractivity contribution in [1.82, 2.24) is 29.9 Å². The average Bonchev–Trinajstić information content (AvgIpc) is 1.57. The fraction of sp³-hybridized carbons (Fsp3) is 0. The van der Waals surface area contributed by atoms with Gasteiger partial charge in [-0.15, -0.1) is 0 Å². The van der Waals surface area contributed by atoms with Crippen LogP contribution in [0.1, 0.15) is 0 Å². The highest BCUT2D eigenvalue weighted by atomic mass is 16.3. The highest BCUT2D eigenvalue weighted by Crippen LogP contribution is 2.55. The molecule has 2 aliphatic carbocycles. The van der Waals surface area contributed by atoms with Crippen LogP contribution in [0.5, 0.6) is 0 Å². The molecule has 0 fully saturated rings. The molecule has 23 rings (SSSR count). The summed E-state index contributed by atoms with van der Waals surface area (Å²) in [6.45, 7) is 0. The van der Waals surface area contributed by atoms with Gasteiger partial charge in [0.2, 0.25) is 0 Å². The van der Waals surface area contributed by atoms with Crippen molar-refractivity contribution in [3.8, 4) is 180 Å². The van der Waals surface area contributed by atoms with Gasteiger partial charge in [0.25, 0.3) is 0 Å². The first-order valence-electron chi connectivity index (χ1n) is 38.4. The van der Waals surface area contributed by atoms with Gasteiger partial charge < -0.3 is 4.42 Å². The van der Waals surface area contributed by atoms with Gasteiger partial charge in [-0.25, -0.2) is 29.9 Å². The van der Waals surface area contributed by atoms with E-state index in [0.29, 0.717) is 34.9 Å². The molecule has 0 saturated heterocycles. The van der Waals surface area contributed by atoms with Crippen LogP contribution in [0.4, 0.5) is 0 Å². The number of benzene rings is 18. The Hall–Kier alpha value is -15.2. The van der Waals surface area contributed by atoms with Crippen LogP contribution in [-0.4, -0.2) is 29.9 Å². The lowest BCUT2D eigenvalue weighted by Crippen LogP contribution is -2.02. The Labute approximate surface area is 650 Å². The monoisotopic (exact) mass is 1430 g/mol. The largest absolute Gasteiger partial charge is 0.456 e. The van der Waals surface area contributed by atoms with Crippen LogP contribution in [0.2, 0.25) is 0 Å². The van der Waals surface area contributed by atoms with Crippen LogP contribution in [0.3, 0.4) is 0 Å². The van der Waals surface area contributed by atoms with Crippen LogP contribution < -0.4 is 0 Å².